The maximum atomic E-state index is 5.98. The first-order chi connectivity index (χ1) is 10.6. The Morgan fingerprint density at radius 1 is 1.52 bits per heavy atom. The molecule has 23 heavy (non-hydrogen) atoms. The number of anilines is 1. The molecule has 1 heterocycles. The lowest BCUT2D eigenvalue weighted by Gasteiger charge is -2.34. The highest BCUT2D eigenvalue weighted by atomic mass is 127. The minimum atomic E-state index is 0. The number of nitrogens with one attached hydrogen (secondary N) is 1. The molecule has 5 nitrogen and oxygen atoms in total. The normalized spacial score (nSPS) is 20.5. The van der Waals surface area contributed by atoms with Crippen molar-refractivity contribution in [2.75, 3.05) is 32.1 Å². The monoisotopic (exact) mass is 432 g/mol. The molecule has 1 aliphatic rings. The Labute approximate surface area is 156 Å². The maximum absolute atomic E-state index is 5.98. The van der Waals surface area contributed by atoms with Gasteiger partial charge in [0.1, 0.15) is 5.75 Å². The zero-order valence-electron chi connectivity index (χ0n) is 14.3. The van der Waals surface area contributed by atoms with Crippen LogP contribution in [0.5, 0.6) is 5.75 Å². The van der Waals surface area contributed by atoms with E-state index < -0.39 is 0 Å². The summed E-state index contributed by atoms with van der Waals surface area (Å²) in [5.74, 6) is 2.03. The SMILES string of the molecule is COc1cccc(NC(N)=NCC(C)N2CCCC(C)C2)c1.I. The molecule has 1 aromatic carbocycles. The molecule has 0 radical (unpaired) electrons. The highest BCUT2D eigenvalue weighted by Gasteiger charge is 2.20. The van der Waals surface area contributed by atoms with Gasteiger partial charge in [-0.2, -0.15) is 0 Å². The summed E-state index contributed by atoms with van der Waals surface area (Å²) < 4.78 is 5.20. The number of methoxy groups -OCH3 is 1. The number of benzene rings is 1. The van der Waals surface area contributed by atoms with Gasteiger partial charge in [0.15, 0.2) is 5.96 Å². The number of piperidine rings is 1. The Hall–Kier alpha value is -1.02. The van der Waals surface area contributed by atoms with Crippen molar-refractivity contribution in [3.8, 4) is 5.75 Å². The molecule has 0 aliphatic carbocycles. The van der Waals surface area contributed by atoms with Crippen molar-refractivity contribution in [1.82, 2.24) is 4.90 Å². The Bertz CT molecular complexity index is 509. The maximum Gasteiger partial charge on any atom is 0.193 e. The second-order valence-electron chi connectivity index (χ2n) is 6.17. The number of halogens is 1. The third-order valence-electron chi connectivity index (χ3n) is 4.18. The lowest BCUT2D eigenvalue weighted by molar-refractivity contribution is 0.142. The number of hydrogen-bond acceptors (Lipinski definition) is 3. The molecule has 6 heteroatoms. The van der Waals surface area contributed by atoms with Crippen molar-refractivity contribution in [2.45, 2.75) is 32.7 Å². The van der Waals surface area contributed by atoms with E-state index in [0.29, 0.717) is 12.0 Å². The van der Waals surface area contributed by atoms with E-state index in [1.54, 1.807) is 7.11 Å². The average Bonchev–Trinajstić information content (AvgIpc) is 2.52. The molecule has 0 amide bonds. The highest BCUT2D eigenvalue weighted by molar-refractivity contribution is 14.0. The summed E-state index contributed by atoms with van der Waals surface area (Å²) in [6, 6.07) is 8.09. The fraction of sp³-hybridized carbons (Fsp3) is 0.588. The smallest absolute Gasteiger partial charge is 0.193 e. The third kappa shape index (κ3) is 6.55. The van der Waals surface area contributed by atoms with Gasteiger partial charge in [0.25, 0.3) is 0 Å². The van der Waals surface area contributed by atoms with Crippen molar-refractivity contribution >= 4 is 35.6 Å². The Kier molecular flexibility index (Phi) is 8.68. The first-order valence-electron chi connectivity index (χ1n) is 8.03. The van der Waals surface area contributed by atoms with Gasteiger partial charge < -0.3 is 15.8 Å². The number of ether oxygens (including phenoxy) is 1. The molecule has 0 saturated carbocycles. The molecule has 1 saturated heterocycles. The number of hydrogen-bond donors (Lipinski definition) is 2. The largest absolute Gasteiger partial charge is 0.497 e. The summed E-state index contributed by atoms with van der Waals surface area (Å²) in [5, 5.41) is 3.11. The predicted octanol–water partition coefficient (Wildman–Crippen LogP) is 3.16. The molecule has 2 rings (SSSR count). The van der Waals surface area contributed by atoms with Gasteiger partial charge in [0.2, 0.25) is 0 Å². The van der Waals surface area contributed by atoms with E-state index >= 15 is 0 Å². The molecule has 130 valence electrons. The average molecular weight is 432 g/mol. The highest BCUT2D eigenvalue weighted by Crippen LogP contribution is 2.18. The van der Waals surface area contributed by atoms with Gasteiger partial charge in [-0.05, 0) is 44.4 Å². The van der Waals surface area contributed by atoms with Crippen molar-refractivity contribution in [3.63, 3.8) is 0 Å². The van der Waals surface area contributed by atoms with Crippen LogP contribution in [-0.2, 0) is 0 Å². The van der Waals surface area contributed by atoms with Crippen LogP contribution in [0.3, 0.4) is 0 Å². The molecule has 1 aromatic rings. The van der Waals surface area contributed by atoms with E-state index in [1.807, 2.05) is 24.3 Å². The number of rotatable bonds is 5. The quantitative estimate of drug-likeness (QED) is 0.426. The van der Waals surface area contributed by atoms with E-state index in [9.17, 15) is 0 Å². The summed E-state index contributed by atoms with van der Waals surface area (Å²) in [6.45, 7) is 7.60. The predicted molar refractivity (Wildman–Crippen MR) is 108 cm³/mol. The summed E-state index contributed by atoms with van der Waals surface area (Å²) in [7, 11) is 1.65. The number of likely N-dealkylation sites (tertiary alicyclic amines) is 1. The van der Waals surface area contributed by atoms with Crippen molar-refractivity contribution < 1.29 is 4.74 Å². The van der Waals surface area contributed by atoms with Crippen LogP contribution in [-0.4, -0.2) is 43.6 Å². The van der Waals surface area contributed by atoms with Crippen LogP contribution < -0.4 is 15.8 Å². The minimum absolute atomic E-state index is 0. The molecule has 1 aliphatic heterocycles. The van der Waals surface area contributed by atoms with Crippen LogP contribution >= 0.6 is 24.0 Å². The van der Waals surface area contributed by atoms with Crippen molar-refractivity contribution in [2.24, 2.45) is 16.6 Å². The Morgan fingerprint density at radius 3 is 3.00 bits per heavy atom. The molecular weight excluding hydrogens is 403 g/mol. The molecule has 0 aromatic heterocycles. The molecule has 0 spiro atoms. The van der Waals surface area contributed by atoms with Gasteiger partial charge in [-0.25, -0.2) is 0 Å². The summed E-state index contributed by atoms with van der Waals surface area (Å²) in [6.07, 6.45) is 2.62. The topological polar surface area (TPSA) is 62.9 Å². The van der Waals surface area contributed by atoms with Gasteiger partial charge in [-0.1, -0.05) is 13.0 Å². The van der Waals surface area contributed by atoms with E-state index in [-0.39, 0.29) is 24.0 Å². The van der Waals surface area contributed by atoms with Gasteiger partial charge in [-0.15, -0.1) is 24.0 Å². The second-order valence-corrected chi connectivity index (χ2v) is 6.17. The van der Waals surface area contributed by atoms with Crippen LogP contribution in [0.25, 0.3) is 0 Å². The lowest BCUT2D eigenvalue weighted by Crippen LogP contribution is -2.42. The lowest BCUT2D eigenvalue weighted by atomic mass is 9.99. The zero-order chi connectivity index (χ0) is 15.9. The van der Waals surface area contributed by atoms with Crippen LogP contribution in [0.1, 0.15) is 26.7 Å². The molecular formula is C17H29IN4O. The van der Waals surface area contributed by atoms with E-state index in [1.165, 1.54) is 25.9 Å². The van der Waals surface area contributed by atoms with E-state index in [0.717, 1.165) is 23.9 Å². The molecule has 1 fully saturated rings. The van der Waals surface area contributed by atoms with Gasteiger partial charge in [0.05, 0.1) is 13.7 Å². The summed E-state index contributed by atoms with van der Waals surface area (Å²) in [5.41, 5.74) is 6.87. The number of nitrogens with zero attached hydrogens (tertiary/aromatic N) is 2. The summed E-state index contributed by atoms with van der Waals surface area (Å²) in [4.78, 5) is 6.99. The number of aliphatic imine (C=N–C) groups is 1. The fourth-order valence-electron chi connectivity index (χ4n) is 2.86. The molecule has 3 N–H and O–H groups in total. The van der Waals surface area contributed by atoms with Crippen molar-refractivity contribution in [1.29, 1.82) is 0 Å². The van der Waals surface area contributed by atoms with Gasteiger partial charge >= 0.3 is 0 Å². The van der Waals surface area contributed by atoms with Crippen LogP contribution in [0, 0.1) is 5.92 Å². The molecule has 2 unspecified atom stereocenters. The zero-order valence-corrected chi connectivity index (χ0v) is 16.6. The standard InChI is InChI=1S/C17H28N4O.HI/c1-13-6-5-9-21(12-13)14(2)11-19-17(18)20-15-7-4-8-16(10-15)22-3;/h4,7-8,10,13-14H,5-6,9,11-12H2,1-3H3,(H3,18,19,20);1H. The van der Waals surface area contributed by atoms with Gasteiger partial charge in [-0.3, -0.25) is 9.89 Å². The third-order valence-corrected chi connectivity index (χ3v) is 4.18. The van der Waals surface area contributed by atoms with Crippen molar-refractivity contribution in [3.05, 3.63) is 24.3 Å². The van der Waals surface area contributed by atoms with Crippen LogP contribution in [0.15, 0.2) is 29.3 Å². The van der Waals surface area contributed by atoms with Gasteiger partial charge in [0, 0.05) is 24.3 Å². The number of guanidine groups is 1. The van der Waals surface area contributed by atoms with Crippen LogP contribution in [0.2, 0.25) is 0 Å². The summed E-state index contributed by atoms with van der Waals surface area (Å²) >= 11 is 0. The van der Waals surface area contributed by atoms with E-state index in [2.05, 4.69) is 29.1 Å². The first-order valence-corrected chi connectivity index (χ1v) is 8.03. The Morgan fingerprint density at radius 2 is 2.30 bits per heavy atom. The first kappa shape index (κ1) is 20.0. The van der Waals surface area contributed by atoms with E-state index in [4.69, 9.17) is 10.5 Å². The molecule has 2 atom stereocenters. The van der Waals surface area contributed by atoms with Crippen LogP contribution in [0.4, 0.5) is 5.69 Å². The molecule has 0 bridgehead atoms. The minimum Gasteiger partial charge on any atom is -0.497 e. The Balaban J connectivity index is 0.00000264. The fourth-order valence-corrected chi connectivity index (χ4v) is 2.86. The number of nitrogens with two attached hydrogens (primary N) is 1. The second kappa shape index (κ2) is 9.97.